The van der Waals surface area contributed by atoms with E-state index in [9.17, 15) is 13.2 Å². The van der Waals surface area contributed by atoms with Gasteiger partial charge in [-0.05, 0) is 30.0 Å². The fourth-order valence-electron chi connectivity index (χ4n) is 3.84. The molecule has 29 heavy (non-hydrogen) atoms. The molecule has 0 radical (unpaired) electrons. The normalized spacial score (nSPS) is 17.5. The van der Waals surface area contributed by atoms with Gasteiger partial charge in [0.15, 0.2) is 9.84 Å². The summed E-state index contributed by atoms with van der Waals surface area (Å²) in [5, 5.41) is 7.45. The first kappa shape index (κ1) is 19.4. The van der Waals surface area contributed by atoms with Crippen molar-refractivity contribution in [1.82, 2.24) is 15.1 Å². The molecule has 7 heteroatoms. The fourth-order valence-corrected chi connectivity index (χ4v) is 5.46. The minimum atomic E-state index is -3.29. The van der Waals surface area contributed by atoms with Gasteiger partial charge in [0.1, 0.15) is 0 Å². The number of nitrogens with zero attached hydrogens (tertiary/aromatic N) is 2. The van der Waals surface area contributed by atoms with E-state index in [1.165, 1.54) is 0 Å². The number of sulfone groups is 1. The molecule has 1 aliphatic rings. The highest BCUT2D eigenvalue weighted by Crippen LogP contribution is 2.32. The highest BCUT2D eigenvalue weighted by Gasteiger charge is 2.31. The van der Waals surface area contributed by atoms with Gasteiger partial charge in [-0.25, -0.2) is 8.42 Å². The number of hydrogen-bond acceptors (Lipinski definition) is 4. The van der Waals surface area contributed by atoms with E-state index >= 15 is 0 Å². The molecule has 2 heterocycles. The molecular weight excluding hydrogens is 386 g/mol. The first-order valence-electron chi connectivity index (χ1n) is 9.70. The summed E-state index contributed by atoms with van der Waals surface area (Å²) < 4.78 is 26.5. The van der Waals surface area contributed by atoms with E-state index in [1.807, 2.05) is 41.9 Å². The van der Waals surface area contributed by atoms with Gasteiger partial charge in [0.05, 0.1) is 40.7 Å². The van der Waals surface area contributed by atoms with Crippen molar-refractivity contribution in [3.8, 4) is 0 Å². The predicted octanol–water partition coefficient (Wildman–Crippen LogP) is 3.14. The molecule has 0 saturated heterocycles. The Morgan fingerprint density at radius 3 is 2.62 bits per heavy atom. The average Bonchev–Trinajstić information content (AvgIpc) is 3.14. The average molecular weight is 410 g/mol. The molecule has 1 unspecified atom stereocenters. The molecule has 1 amide bonds. The SMILES string of the molecule is CCc1c(C(=O)NC2CCS(=O)(=O)c3ccccc32)cnn1Cc1ccccc1. The third kappa shape index (κ3) is 3.82. The molecule has 0 aliphatic carbocycles. The van der Waals surface area contributed by atoms with Crippen LogP contribution in [-0.2, 0) is 22.8 Å². The summed E-state index contributed by atoms with van der Waals surface area (Å²) in [6, 6.07) is 16.5. The Morgan fingerprint density at radius 1 is 1.14 bits per heavy atom. The zero-order chi connectivity index (χ0) is 20.4. The van der Waals surface area contributed by atoms with E-state index in [1.54, 1.807) is 30.5 Å². The minimum Gasteiger partial charge on any atom is -0.345 e. The summed E-state index contributed by atoms with van der Waals surface area (Å²) >= 11 is 0. The number of carbonyl (C=O) groups excluding carboxylic acids is 1. The van der Waals surface area contributed by atoms with Crippen molar-refractivity contribution in [3.63, 3.8) is 0 Å². The van der Waals surface area contributed by atoms with Crippen molar-refractivity contribution in [2.24, 2.45) is 0 Å². The molecule has 1 aliphatic heterocycles. The van der Waals surface area contributed by atoms with Gasteiger partial charge < -0.3 is 5.32 Å². The topological polar surface area (TPSA) is 81.1 Å². The Hall–Kier alpha value is -2.93. The first-order chi connectivity index (χ1) is 14.0. The molecule has 3 aromatic rings. The molecule has 1 atom stereocenters. The molecule has 0 spiro atoms. The number of rotatable bonds is 5. The van der Waals surface area contributed by atoms with E-state index in [2.05, 4.69) is 10.4 Å². The van der Waals surface area contributed by atoms with Gasteiger partial charge in [0.25, 0.3) is 5.91 Å². The van der Waals surface area contributed by atoms with Crippen LogP contribution in [0.3, 0.4) is 0 Å². The highest BCUT2D eigenvalue weighted by molar-refractivity contribution is 7.91. The first-order valence-corrected chi connectivity index (χ1v) is 11.4. The Morgan fingerprint density at radius 2 is 1.86 bits per heavy atom. The lowest BCUT2D eigenvalue weighted by Gasteiger charge is -2.26. The smallest absolute Gasteiger partial charge is 0.255 e. The van der Waals surface area contributed by atoms with Crippen LogP contribution in [0.5, 0.6) is 0 Å². The third-order valence-corrected chi connectivity index (χ3v) is 7.13. The number of nitrogens with one attached hydrogen (secondary N) is 1. The molecule has 0 bridgehead atoms. The molecule has 150 valence electrons. The molecule has 2 aromatic carbocycles. The number of amides is 1. The second kappa shape index (κ2) is 7.83. The lowest BCUT2D eigenvalue weighted by molar-refractivity contribution is 0.0933. The lowest BCUT2D eigenvalue weighted by Crippen LogP contribution is -2.34. The Kier molecular flexibility index (Phi) is 5.24. The largest absolute Gasteiger partial charge is 0.345 e. The van der Waals surface area contributed by atoms with Crippen LogP contribution in [-0.4, -0.2) is 29.9 Å². The third-order valence-electron chi connectivity index (χ3n) is 5.31. The molecule has 4 rings (SSSR count). The van der Waals surface area contributed by atoms with E-state index in [4.69, 9.17) is 0 Å². The van der Waals surface area contributed by atoms with Gasteiger partial charge in [-0.3, -0.25) is 9.48 Å². The number of hydrogen-bond donors (Lipinski definition) is 1. The van der Waals surface area contributed by atoms with Gasteiger partial charge >= 0.3 is 0 Å². The maximum Gasteiger partial charge on any atom is 0.255 e. The van der Waals surface area contributed by atoms with Crippen molar-refractivity contribution in [2.45, 2.75) is 37.2 Å². The number of carbonyl (C=O) groups is 1. The van der Waals surface area contributed by atoms with E-state index < -0.39 is 9.84 Å². The maximum absolute atomic E-state index is 13.0. The van der Waals surface area contributed by atoms with Crippen LogP contribution in [0.25, 0.3) is 0 Å². The van der Waals surface area contributed by atoms with Crippen LogP contribution in [0, 0.1) is 0 Å². The van der Waals surface area contributed by atoms with Gasteiger partial charge in [-0.1, -0.05) is 55.5 Å². The summed E-state index contributed by atoms with van der Waals surface area (Å²) in [7, 11) is -3.29. The minimum absolute atomic E-state index is 0.0306. The van der Waals surface area contributed by atoms with Crippen LogP contribution in [0.15, 0.2) is 65.7 Å². The summed E-state index contributed by atoms with van der Waals surface area (Å²) in [6.07, 6.45) is 2.64. The summed E-state index contributed by atoms with van der Waals surface area (Å²) in [6.45, 7) is 2.60. The van der Waals surface area contributed by atoms with Crippen molar-refractivity contribution in [1.29, 1.82) is 0 Å². The Balaban J connectivity index is 1.58. The van der Waals surface area contributed by atoms with Crippen LogP contribution in [0.2, 0.25) is 0 Å². The molecule has 1 aromatic heterocycles. The van der Waals surface area contributed by atoms with E-state index in [-0.39, 0.29) is 17.7 Å². The van der Waals surface area contributed by atoms with E-state index in [0.717, 1.165) is 11.3 Å². The van der Waals surface area contributed by atoms with Crippen LogP contribution in [0.1, 0.15) is 46.6 Å². The number of benzene rings is 2. The molecule has 0 saturated carbocycles. The quantitative estimate of drug-likeness (QED) is 0.702. The van der Waals surface area contributed by atoms with E-state index in [0.29, 0.717) is 35.4 Å². The van der Waals surface area contributed by atoms with Crippen molar-refractivity contribution in [2.75, 3.05) is 5.75 Å². The molecule has 1 N–H and O–H groups in total. The zero-order valence-electron chi connectivity index (χ0n) is 16.2. The second-order valence-corrected chi connectivity index (χ2v) is 9.25. The predicted molar refractivity (Wildman–Crippen MR) is 110 cm³/mol. The number of fused-ring (bicyclic) bond motifs is 1. The van der Waals surface area contributed by atoms with Gasteiger partial charge in [-0.2, -0.15) is 5.10 Å². The van der Waals surface area contributed by atoms with Gasteiger partial charge in [-0.15, -0.1) is 0 Å². The lowest BCUT2D eigenvalue weighted by atomic mass is 10.0. The monoisotopic (exact) mass is 409 g/mol. The van der Waals surface area contributed by atoms with Crippen LogP contribution in [0.4, 0.5) is 0 Å². The number of aromatic nitrogens is 2. The van der Waals surface area contributed by atoms with Gasteiger partial charge in [0.2, 0.25) is 0 Å². The Bertz CT molecular complexity index is 1140. The summed E-state index contributed by atoms with van der Waals surface area (Å²) in [5.74, 6) is -0.191. The summed E-state index contributed by atoms with van der Waals surface area (Å²) in [5.41, 5.74) is 3.17. The van der Waals surface area contributed by atoms with Crippen molar-refractivity contribution < 1.29 is 13.2 Å². The molecule has 0 fully saturated rings. The maximum atomic E-state index is 13.0. The highest BCUT2D eigenvalue weighted by atomic mass is 32.2. The molecule has 6 nitrogen and oxygen atoms in total. The van der Waals surface area contributed by atoms with Crippen LogP contribution < -0.4 is 5.32 Å². The fraction of sp³-hybridized carbons (Fsp3) is 0.273. The van der Waals surface area contributed by atoms with Gasteiger partial charge in [0, 0.05) is 0 Å². The van der Waals surface area contributed by atoms with Crippen molar-refractivity contribution in [3.05, 3.63) is 83.2 Å². The standard InChI is InChI=1S/C22H23N3O3S/c1-2-20-18(14-23-25(20)15-16-8-4-3-5-9-16)22(26)24-19-12-13-29(27,28)21-11-7-6-10-17(19)21/h3-11,14,19H,2,12-13,15H2,1H3,(H,24,26). The Labute approximate surface area is 170 Å². The molecular formula is C22H23N3O3S. The second-order valence-electron chi connectivity index (χ2n) is 7.17. The zero-order valence-corrected chi connectivity index (χ0v) is 17.0. The van der Waals surface area contributed by atoms with Crippen LogP contribution >= 0.6 is 0 Å². The summed E-state index contributed by atoms with van der Waals surface area (Å²) in [4.78, 5) is 13.3. The van der Waals surface area contributed by atoms with Crippen molar-refractivity contribution >= 4 is 15.7 Å².